The highest BCUT2D eigenvalue weighted by Gasteiger charge is 2.17. The summed E-state index contributed by atoms with van der Waals surface area (Å²) in [5.41, 5.74) is 7.43. The molecule has 1 amide bonds. The highest BCUT2D eigenvalue weighted by Crippen LogP contribution is 2.16. The number of para-hydroxylation sites is 1. The lowest BCUT2D eigenvalue weighted by atomic mass is 10.1. The molecular formula is C20H35IN4O3. The van der Waals surface area contributed by atoms with Crippen LogP contribution in [0.3, 0.4) is 0 Å². The van der Waals surface area contributed by atoms with E-state index >= 15 is 0 Å². The number of carbonyl (C=O) groups excluding carboxylic acids is 1. The van der Waals surface area contributed by atoms with Crippen molar-refractivity contribution in [2.45, 2.75) is 65.2 Å². The molecule has 0 aliphatic rings. The van der Waals surface area contributed by atoms with Crippen molar-refractivity contribution < 1.29 is 14.3 Å². The SMILES string of the molecule is CCCCC(CNC(=O)OC(C)(C)C)N=C(N)Nc1ccccc1COC.I. The van der Waals surface area contributed by atoms with Crippen LogP contribution in [0.15, 0.2) is 29.3 Å². The molecule has 1 unspecified atom stereocenters. The number of benzene rings is 1. The van der Waals surface area contributed by atoms with Crippen LogP contribution in [0.2, 0.25) is 0 Å². The minimum Gasteiger partial charge on any atom is -0.444 e. The molecule has 1 rings (SSSR count). The van der Waals surface area contributed by atoms with E-state index in [0.717, 1.165) is 30.5 Å². The smallest absolute Gasteiger partial charge is 0.407 e. The van der Waals surface area contributed by atoms with Gasteiger partial charge in [0.05, 0.1) is 12.6 Å². The highest BCUT2D eigenvalue weighted by molar-refractivity contribution is 14.0. The Morgan fingerprint density at radius 3 is 2.57 bits per heavy atom. The van der Waals surface area contributed by atoms with Crippen molar-refractivity contribution in [1.29, 1.82) is 0 Å². The van der Waals surface area contributed by atoms with Gasteiger partial charge in [-0.1, -0.05) is 38.0 Å². The fourth-order valence-corrected chi connectivity index (χ4v) is 2.46. The van der Waals surface area contributed by atoms with Gasteiger partial charge in [0.25, 0.3) is 0 Å². The summed E-state index contributed by atoms with van der Waals surface area (Å²) in [6, 6.07) is 7.64. The monoisotopic (exact) mass is 506 g/mol. The molecule has 0 heterocycles. The quantitative estimate of drug-likeness (QED) is 0.264. The summed E-state index contributed by atoms with van der Waals surface area (Å²) in [6.07, 6.45) is 2.42. The molecule has 0 fully saturated rings. The van der Waals surface area contributed by atoms with Gasteiger partial charge in [-0.05, 0) is 33.3 Å². The molecule has 7 nitrogen and oxygen atoms in total. The minimum absolute atomic E-state index is 0. The Bertz CT molecular complexity index is 618. The zero-order valence-corrected chi connectivity index (χ0v) is 19.9. The number of unbranched alkanes of at least 4 members (excludes halogenated alkanes) is 1. The van der Waals surface area contributed by atoms with Crippen molar-refractivity contribution >= 4 is 41.7 Å². The summed E-state index contributed by atoms with van der Waals surface area (Å²) in [5.74, 6) is 0.311. The van der Waals surface area contributed by atoms with Crippen LogP contribution in [0.25, 0.3) is 0 Å². The van der Waals surface area contributed by atoms with E-state index in [9.17, 15) is 4.79 Å². The van der Waals surface area contributed by atoms with Crippen LogP contribution in [0.5, 0.6) is 0 Å². The Hall–Kier alpha value is -1.55. The third-order valence-electron chi connectivity index (χ3n) is 3.67. The van der Waals surface area contributed by atoms with E-state index in [2.05, 4.69) is 22.5 Å². The number of methoxy groups -OCH3 is 1. The molecular weight excluding hydrogens is 471 g/mol. The molecule has 0 aromatic heterocycles. The zero-order chi connectivity index (χ0) is 20.3. The fraction of sp³-hybridized carbons (Fsp3) is 0.600. The predicted molar refractivity (Wildman–Crippen MR) is 125 cm³/mol. The molecule has 8 heteroatoms. The Labute approximate surface area is 185 Å². The van der Waals surface area contributed by atoms with Crippen LogP contribution < -0.4 is 16.4 Å². The molecule has 1 aromatic rings. The Kier molecular flexibility index (Phi) is 12.8. The third-order valence-corrected chi connectivity index (χ3v) is 3.67. The van der Waals surface area contributed by atoms with E-state index in [0.29, 0.717) is 19.1 Å². The number of hydrogen-bond donors (Lipinski definition) is 3. The van der Waals surface area contributed by atoms with Gasteiger partial charge in [0.1, 0.15) is 5.60 Å². The van der Waals surface area contributed by atoms with E-state index in [4.69, 9.17) is 15.2 Å². The molecule has 160 valence electrons. The van der Waals surface area contributed by atoms with Gasteiger partial charge in [-0.15, -0.1) is 24.0 Å². The van der Waals surface area contributed by atoms with Crippen molar-refractivity contribution in [3.8, 4) is 0 Å². The molecule has 0 radical (unpaired) electrons. The van der Waals surface area contributed by atoms with E-state index in [1.807, 2.05) is 45.0 Å². The first-order chi connectivity index (χ1) is 12.7. The Morgan fingerprint density at radius 2 is 1.96 bits per heavy atom. The largest absolute Gasteiger partial charge is 0.444 e. The lowest BCUT2D eigenvalue weighted by molar-refractivity contribution is 0.0524. The van der Waals surface area contributed by atoms with Crippen LogP contribution >= 0.6 is 24.0 Å². The summed E-state index contributed by atoms with van der Waals surface area (Å²) >= 11 is 0. The van der Waals surface area contributed by atoms with Crippen LogP contribution in [0.1, 0.15) is 52.5 Å². The van der Waals surface area contributed by atoms with Gasteiger partial charge in [-0.2, -0.15) is 0 Å². The molecule has 1 aromatic carbocycles. The van der Waals surface area contributed by atoms with Gasteiger partial charge in [0, 0.05) is 24.9 Å². The Morgan fingerprint density at radius 1 is 1.29 bits per heavy atom. The number of hydrogen-bond acceptors (Lipinski definition) is 4. The first kappa shape index (κ1) is 26.4. The topological polar surface area (TPSA) is 98.0 Å². The number of ether oxygens (including phenoxy) is 2. The third kappa shape index (κ3) is 11.3. The second-order valence-electron chi connectivity index (χ2n) is 7.41. The summed E-state index contributed by atoms with van der Waals surface area (Å²) in [4.78, 5) is 16.4. The van der Waals surface area contributed by atoms with Gasteiger partial charge in [0.2, 0.25) is 0 Å². The van der Waals surface area contributed by atoms with E-state index in [-0.39, 0.29) is 30.0 Å². The minimum atomic E-state index is -0.530. The lowest BCUT2D eigenvalue weighted by Gasteiger charge is -2.21. The number of halogens is 1. The summed E-state index contributed by atoms with van der Waals surface area (Å²) in [7, 11) is 1.65. The summed E-state index contributed by atoms with van der Waals surface area (Å²) < 4.78 is 10.5. The first-order valence-electron chi connectivity index (χ1n) is 9.39. The number of guanidine groups is 1. The number of amides is 1. The maximum absolute atomic E-state index is 11.9. The average molecular weight is 506 g/mol. The number of anilines is 1. The van der Waals surface area contributed by atoms with Gasteiger partial charge in [-0.25, -0.2) is 9.79 Å². The maximum Gasteiger partial charge on any atom is 0.407 e. The molecule has 0 spiro atoms. The normalized spacial score (nSPS) is 12.7. The fourth-order valence-electron chi connectivity index (χ4n) is 2.46. The standard InChI is InChI=1S/C20H34N4O3.HI/c1-6-7-11-16(13-22-19(25)27-20(2,3)4)23-18(21)24-17-12-9-8-10-15(17)14-26-5;/h8-10,12,16H,6-7,11,13-14H2,1-5H3,(H,22,25)(H3,21,23,24);1H. The van der Waals surface area contributed by atoms with Gasteiger partial charge < -0.3 is 25.8 Å². The molecule has 0 aliphatic heterocycles. The van der Waals surface area contributed by atoms with Gasteiger partial charge in [0.15, 0.2) is 5.96 Å². The predicted octanol–water partition coefficient (Wildman–Crippen LogP) is 4.26. The lowest BCUT2D eigenvalue weighted by Crippen LogP contribution is -2.37. The van der Waals surface area contributed by atoms with Crippen LogP contribution in [0.4, 0.5) is 10.5 Å². The van der Waals surface area contributed by atoms with E-state index in [1.165, 1.54) is 0 Å². The second kappa shape index (κ2) is 13.6. The number of nitrogens with one attached hydrogen (secondary N) is 2. The van der Waals surface area contributed by atoms with Crippen molar-refractivity contribution in [1.82, 2.24) is 5.32 Å². The molecule has 0 saturated heterocycles. The molecule has 28 heavy (non-hydrogen) atoms. The highest BCUT2D eigenvalue weighted by atomic mass is 127. The van der Waals surface area contributed by atoms with Gasteiger partial charge >= 0.3 is 6.09 Å². The van der Waals surface area contributed by atoms with Crippen LogP contribution in [0, 0.1) is 0 Å². The molecule has 0 aliphatic carbocycles. The molecule has 0 saturated carbocycles. The summed E-state index contributed by atoms with van der Waals surface area (Å²) in [6.45, 7) is 8.47. The van der Waals surface area contributed by atoms with Crippen molar-refractivity contribution in [2.24, 2.45) is 10.7 Å². The first-order valence-corrected chi connectivity index (χ1v) is 9.39. The van der Waals surface area contributed by atoms with E-state index < -0.39 is 11.7 Å². The number of nitrogens with zero attached hydrogens (tertiary/aromatic N) is 1. The van der Waals surface area contributed by atoms with Crippen molar-refractivity contribution in [2.75, 3.05) is 19.0 Å². The second-order valence-corrected chi connectivity index (χ2v) is 7.41. The Balaban J connectivity index is 0.00000729. The van der Waals surface area contributed by atoms with Crippen molar-refractivity contribution in [3.63, 3.8) is 0 Å². The van der Waals surface area contributed by atoms with Crippen LogP contribution in [-0.2, 0) is 16.1 Å². The summed E-state index contributed by atoms with van der Waals surface area (Å²) in [5, 5.41) is 5.91. The maximum atomic E-state index is 11.9. The number of carbonyl (C=O) groups is 1. The number of nitrogens with two attached hydrogens (primary N) is 1. The van der Waals surface area contributed by atoms with Crippen molar-refractivity contribution in [3.05, 3.63) is 29.8 Å². The number of rotatable bonds is 9. The number of alkyl carbamates (subject to hydrolysis) is 1. The number of aliphatic imine (C=N–C) groups is 1. The molecule has 0 bridgehead atoms. The zero-order valence-electron chi connectivity index (χ0n) is 17.6. The van der Waals surface area contributed by atoms with E-state index in [1.54, 1.807) is 7.11 Å². The molecule has 1 atom stereocenters. The average Bonchev–Trinajstić information content (AvgIpc) is 2.57. The van der Waals surface area contributed by atoms with Gasteiger partial charge in [-0.3, -0.25) is 0 Å². The van der Waals surface area contributed by atoms with Crippen LogP contribution in [-0.4, -0.2) is 37.4 Å². The molecule has 4 N–H and O–H groups in total.